The van der Waals surface area contributed by atoms with Crippen LogP contribution in [-0.2, 0) is 0 Å². The number of benzene rings is 2. The lowest BCUT2D eigenvalue weighted by molar-refractivity contribution is 0.0692. The molecule has 1 aliphatic rings. The molecule has 2 amide bonds. The first-order valence-electron chi connectivity index (χ1n) is 9.54. The van der Waals surface area contributed by atoms with Gasteiger partial charge in [0, 0.05) is 24.2 Å². The van der Waals surface area contributed by atoms with Gasteiger partial charge < -0.3 is 10.2 Å². The van der Waals surface area contributed by atoms with Gasteiger partial charge in [-0.25, -0.2) is 4.68 Å². The number of nitrogens with one attached hydrogen (secondary N) is 1. The van der Waals surface area contributed by atoms with Crippen molar-refractivity contribution in [1.29, 1.82) is 0 Å². The van der Waals surface area contributed by atoms with Crippen LogP contribution in [0.15, 0.2) is 54.7 Å². The molecule has 7 nitrogen and oxygen atoms in total. The highest BCUT2D eigenvalue weighted by Crippen LogP contribution is 2.18. The molecule has 0 saturated carbocycles. The Balaban J connectivity index is 1.34. The number of carbonyl (C=O) groups excluding carboxylic acids is 2. The molecular formula is C21H19Cl2N5O2. The van der Waals surface area contributed by atoms with Crippen LogP contribution in [0.5, 0.6) is 0 Å². The Kier molecular flexibility index (Phi) is 6.01. The average molecular weight is 444 g/mol. The first kappa shape index (κ1) is 20.4. The molecule has 4 rings (SSSR count). The van der Waals surface area contributed by atoms with Gasteiger partial charge in [-0.2, -0.15) is 0 Å². The van der Waals surface area contributed by atoms with E-state index in [0.29, 0.717) is 41.5 Å². The molecule has 9 heteroatoms. The van der Waals surface area contributed by atoms with E-state index in [1.165, 1.54) is 0 Å². The number of hydrogen-bond acceptors (Lipinski definition) is 4. The van der Waals surface area contributed by atoms with E-state index in [1.54, 1.807) is 64.3 Å². The van der Waals surface area contributed by atoms with Gasteiger partial charge in [-0.3, -0.25) is 9.59 Å². The fraction of sp³-hybridized carbons (Fsp3) is 0.238. The summed E-state index contributed by atoms with van der Waals surface area (Å²) in [5, 5.41) is 12.1. The minimum absolute atomic E-state index is 0.0115. The molecule has 30 heavy (non-hydrogen) atoms. The molecule has 154 valence electrons. The molecule has 0 radical (unpaired) electrons. The summed E-state index contributed by atoms with van der Waals surface area (Å²) in [4.78, 5) is 26.9. The van der Waals surface area contributed by atoms with Crippen LogP contribution in [-0.4, -0.2) is 50.8 Å². The normalized spacial score (nSPS) is 14.5. The van der Waals surface area contributed by atoms with Gasteiger partial charge in [0.2, 0.25) is 0 Å². The number of halogens is 2. The molecule has 1 fully saturated rings. The minimum Gasteiger partial charge on any atom is -0.349 e. The first-order valence-corrected chi connectivity index (χ1v) is 10.3. The van der Waals surface area contributed by atoms with E-state index in [4.69, 9.17) is 23.2 Å². The maximum atomic E-state index is 12.8. The highest BCUT2D eigenvalue weighted by Gasteiger charge is 2.26. The summed E-state index contributed by atoms with van der Waals surface area (Å²) in [5.74, 6) is -0.373. The van der Waals surface area contributed by atoms with E-state index in [2.05, 4.69) is 15.6 Å². The number of amides is 2. The van der Waals surface area contributed by atoms with Crippen molar-refractivity contribution < 1.29 is 9.59 Å². The monoisotopic (exact) mass is 443 g/mol. The molecule has 1 N–H and O–H groups in total. The number of nitrogens with zero attached hydrogens (tertiary/aromatic N) is 4. The second kappa shape index (κ2) is 8.85. The maximum absolute atomic E-state index is 12.8. The van der Waals surface area contributed by atoms with Gasteiger partial charge in [0.1, 0.15) is 0 Å². The fourth-order valence-corrected chi connectivity index (χ4v) is 3.73. The second-order valence-corrected chi connectivity index (χ2v) is 7.89. The van der Waals surface area contributed by atoms with Crippen molar-refractivity contribution in [3.8, 4) is 5.69 Å². The Morgan fingerprint density at radius 2 is 1.70 bits per heavy atom. The SMILES string of the molecule is O=C(NC1CCN(C(=O)c2cn(-c3ccc(Cl)cc3)nn2)CC1)c1ccccc1Cl. The van der Waals surface area contributed by atoms with Gasteiger partial charge in [-0.15, -0.1) is 5.10 Å². The Hall–Kier alpha value is -2.90. The van der Waals surface area contributed by atoms with E-state index < -0.39 is 0 Å². The largest absolute Gasteiger partial charge is 0.349 e. The molecule has 1 aliphatic heterocycles. The second-order valence-electron chi connectivity index (χ2n) is 7.04. The summed E-state index contributed by atoms with van der Waals surface area (Å²) in [7, 11) is 0. The summed E-state index contributed by atoms with van der Waals surface area (Å²) >= 11 is 12.0. The lowest BCUT2D eigenvalue weighted by Gasteiger charge is -2.32. The summed E-state index contributed by atoms with van der Waals surface area (Å²) in [6.45, 7) is 1.06. The van der Waals surface area contributed by atoms with E-state index in [9.17, 15) is 9.59 Å². The molecule has 0 spiro atoms. The van der Waals surface area contributed by atoms with Gasteiger partial charge in [0.05, 0.1) is 22.5 Å². The Morgan fingerprint density at radius 3 is 2.40 bits per heavy atom. The zero-order chi connectivity index (χ0) is 21.1. The third-order valence-electron chi connectivity index (χ3n) is 5.04. The standard InChI is InChI=1S/C21H19Cl2N5O2/c22-14-5-7-16(8-6-14)28-13-19(25-26-28)21(30)27-11-9-15(10-12-27)24-20(29)17-3-1-2-4-18(17)23/h1-8,13,15H,9-12H2,(H,24,29). The number of hydrogen-bond donors (Lipinski definition) is 1. The molecule has 1 saturated heterocycles. The van der Waals surface area contributed by atoms with Crippen LogP contribution in [0.25, 0.3) is 5.69 Å². The lowest BCUT2D eigenvalue weighted by atomic mass is 10.0. The fourth-order valence-electron chi connectivity index (χ4n) is 3.38. The van der Waals surface area contributed by atoms with Gasteiger partial charge in [-0.05, 0) is 49.2 Å². The predicted octanol–water partition coefficient (Wildman–Crippen LogP) is 3.61. The van der Waals surface area contributed by atoms with Crippen LogP contribution in [0.3, 0.4) is 0 Å². The van der Waals surface area contributed by atoms with Gasteiger partial charge in [0.25, 0.3) is 11.8 Å². The zero-order valence-corrected chi connectivity index (χ0v) is 17.5. The number of carbonyl (C=O) groups is 2. The number of piperidine rings is 1. The molecule has 1 aromatic heterocycles. The topological polar surface area (TPSA) is 80.1 Å². The number of rotatable bonds is 4. The quantitative estimate of drug-likeness (QED) is 0.667. The maximum Gasteiger partial charge on any atom is 0.276 e. The van der Waals surface area contributed by atoms with Crippen molar-refractivity contribution in [1.82, 2.24) is 25.2 Å². The van der Waals surface area contributed by atoms with Crippen LogP contribution in [0.4, 0.5) is 0 Å². The van der Waals surface area contributed by atoms with Gasteiger partial charge in [-0.1, -0.05) is 40.5 Å². The lowest BCUT2D eigenvalue weighted by Crippen LogP contribution is -2.46. The summed E-state index contributed by atoms with van der Waals surface area (Å²) in [6, 6.07) is 14.0. The molecule has 0 unspecified atom stereocenters. The Labute approximate surface area is 183 Å². The zero-order valence-electron chi connectivity index (χ0n) is 16.0. The van der Waals surface area contributed by atoms with Crippen molar-refractivity contribution in [3.05, 3.63) is 76.0 Å². The van der Waals surface area contributed by atoms with Crippen LogP contribution < -0.4 is 5.32 Å². The molecule has 0 bridgehead atoms. The van der Waals surface area contributed by atoms with Gasteiger partial charge in [0.15, 0.2) is 5.69 Å². The Morgan fingerprint density at radius 1 is 1.00 bits per heavy atom. The van der Waals surface area contributed by atoms with E-state index >= 15 is 0 Å². The summed E-state index contributed by atoms with van der Waals surface area (Å²) in [5.41, 5.74) is 1.51. The third kappa shape index (κ3) is 4.47. The summed E-state index contributed by atoms with van der Waals surface area (Å²) in [6.07, 6.45) is 2.93. The van der Waals surface area contributed by atoms with Crippen molar-refractivity contribution in [2.24, 2.45) is 0 Å². The van der Waals surface area contributed by atoms with Crippen LogP contribution in [0.1, 0.15) is 33.7 Å². The van der Waals surface area contributed by atoms with E-state index in [-0.39, 0.29) is 23.6 Å². The molecular weight excluding hydrogens is 425 g/mol. The third-order valence-corrected chi connectivity index (χ3v) is 5.62. The molecule has 3 aromatic rings. The van der Waals surface area contributed by atoms with Crippen LogP contribution >= 0.6 is 23.2 Å². The molecule has 0 atom stereocenters. The highest BCUT2D eigenvalue weighted by molar-refractivity contribution is 6.33. The van der Waals surface area contributed by atoms with Crippen molar-refractivity contribution in [3.63, 3.8) is 0 Å². The van der Waals surface area contributed by atoms with Gasteiger partial charge >= 0.3 is 0 Å². The van der Waals surface area contributed by atoms with E-state index in [1.807, 2.05) is 0 Å². The van der Waals surface area contributed by atoms with Crippen molar-refractivity contribution in [2.45, 2.75) is 18.9 Å². The van der Waals surface area contributed by atoms with Crippen molar-refractivity contribution in [2.75, 3.05) is 13.1 Å². The number of likely N-dealkylation sites (tertiary alicyclic amines) is 1. The number of aromatic nitrogens is 3. The van der Waals surface area contributed by atoms with Crippen LogP contribution in [0.2, 0.25) is 10.0 Å². The smallest absolute Gasteiger partial charge is 0.276 e. The molecule has 2 heterocycles. The minimum atomic E-state index is -0.198. The Bertz CT molecular complexity index is 1060. The van der Waals surface area contributed by atoms with Crippen molar-refractivity contribution >= 4 is 35.0 Å². The first-order chi connectivity index (χ1) is 14.5. The highest BCUT2D eigenvalue weighted by atomic mass is 35.5. The molecule has 0 aliphatic carbocycles. The molecule has 2 aromatic carbocycles. The predicted molar refractivity (Wildman–Crippen MR) is 114 cm³/mol. The average Bonchev–Trinajstić information content (AvgIpc) is 3.25. The van der Waals surface area contributed by atoms with Crippen LogP contribution in [0, 0.1) is 0 Å². The van der Waals surface area contributed by atoms with E-state index in [0.717, 1.165) is 5.69 Å². The summed E-state index contributed by atoms with van der Waals surface area (Å²) < 4.78 is 1.54.